The summed E-state index contributed by atoms with van der Waals surface area (Å²) in [6.45, 7) is 1.41. The molecule has 1 aliphatic heterocycles. The number of morpholine rings is 1. The molecule has 92 valence electrons. The van der Waals surface area contributed by atoms with Gasteiger partial charge in [0.15, 0.2) is 0 Å². The van der Waals surface area contributed by atoms with Crippen molar-refractivity contribution in [3.05, 3.63) is 22.5 Å². The van der Waals surface area contributed by atoms with Crippen LogP contribution < -0.4 is 4.90 Å². The Labute approximate surface area is 97.0 Å². The molecule has 1 N–H and O–H groups in total. The second-order valence-electron chi connectivity index (χ2n) is 3.60. The lowest BCUT2D eigenvalue weighted by Gasteiger charge is -2.34. The van der Waals surface area contributed by atoms with E-state index in [2.05, 4.69) is 9.97 Å². The molecule has 0 aliphatic carbocycles. The molecule has 1 fully saturated rings. The molecule has 0 saturated carbocycles. The van der Waals surface area contributed by atoms with E-state index in [1.807, 2.05) is 0 Å². The molecule has 0 bridgehead atoms. The number of hydrogen-bond donors (Lipinski definition) is 1. The van der Waals surface area contributed by atoms with Gasteiger partial charge in [-0.3, -0.25) is 10.1 Å². The number of hydrogen-bond acceptors (Lipinski definition) is 7. The summed E-state index contributed by atoms with van der Waals surface area (Å²) < 4.78 is 5.22. The van der Waals surface area contributed by atoms with Gasteiger partial charge in [0, 0.05) is 6.54 Å². The first kappa shape index (κ1) is 11.7. The van der Waals surface area contributed by atoms with E-state index >= 15 is 0 Å². The van der Waals surface area contributed by atoms with E-state index in [0.29, 0.717) is 25.7 Å². The van der Waals surface area contributed by atoms with Gasteiger partial charge in [-0.05, 0) is 0 Å². The molecule has 1 aromatic heterocycles. The molecule has 0 spiro atoms. The molecule has 17 heavy (non-hydrogen) atoms. The van der Waals surface area contributed by atoms with Crippen LogP contribution in [0.3, 0.4) is 0 Å². The third-order valence-electron chi connectivity index (χ3n) is 2.53. The highest BCUT2D eigenvalue weighted by Gasteiger charge is 2.24. The minimum Gasteiger partial charge on any atom is -0.394 e. The molecule has 1 atom stereocenters. The molecular weight excluding hydrogens is 228 g/mol. The van der Waals surface area contributed by atoms with Gasteiger partial charge < -0.3 is 14.7 Å². The number of anilines is 1. The Morgan fingerprint density at radius 2 is 2.29 bits per heavy atom. The van der Waals surface area contributed by atoms with Crippen LogP contribution >= 0.6 is 0 Å². The molecule has 1 saturated heterocycles. The summed E-state index contributed by atoms with van der Waals surface area (Å²) in [6, 6.07) is -0.204. The zero-order valence-corrected chi connectivity index (χ0v) is 9.02. The summed E-state index contributed by atoms with van der Waals surface area (Å²) in [5.74, 6) is 0.373. The highest BCUT2D eigenvalue weighted by molar-refractivity contribution is 5.35. The van der Waals surface area contributed by atoms with Crippen LogP contribution in [0.4, 0.5) is 11.6 Å². The zero-order valence-electron chi connectivity index (χ0n) is 9.02. The number of aromatic nitrogens is 2. The Kier molecular flexibility index (Phi) is 3.45. The number of aliphatic hydroxyl groups excluding tert-OH is 1. The Balaban J connectivity index is 2.17. The van der Waals surface area contributed by atoms with Crippen LogP contribution in [0.2, 0.25) is 0 Å². The second-order valence-corrected chi connectivity index (χ2v) is 3.60. The molecular formula is C9H12N4O4. The highest BCUT2D eigenvalue weighted by atomic mass is 16.6. The van der Waals surface area contributed by atoms with Crippen LogP contribution in [0.5, 0.6) is 0 Å². The Morgan fingerprint density at radius 1 is 1.59 bits per heavy atom. The normalized spacial score (nSPS) is 20.3. The van der Waals surface area contributed by atoms with Crippen LogP contribution in [0.25, 0.3) is 0 Å². The van der Waals surface area contributed by atoms with Gasteiger partial charge in [0.2, 0.25) is 5.95 Å². The smallest absolute Gasteiger partial charge is 0.305 e. The van der Waals surface area contributed by atoms with Crippen molar-refractivity contribution in [1.29, 1.82) is 0 Å². The van der Waals surface area contributed by atoms with E-state index in [4.69, 9.17) is 4.74 Å². The molecule has 8 heteroatoms. The number of ether oxygens (including phenoxy) is 1. The van der Waals surface area contributed by atoms with E-state index in [1.165, 1.54) is 0 Å². The molecule has 1 aromatic rings. The van der Waals surface area contributed by atoms with Gasteiger partial charge >= 0.3 is 5.69 Å². The number of nitro groups is 1. The Hall–Kier alpha value is -1.80. The average molecular weight is 240 g/mol. The van der Waals surface area contributed by atoms with Crippen LogP contribution in [-0.2, 0) is 4.74 Å². The van der Waals surface area contributed by atoms with Crippen molar-refractivity contribution in [2.24, 2.45) is 0 Å². The quantitative estimate of drug-likeness (QED) is 0.565. The van der Waals surface area contributed by atoms with E-state index in [1.54, 1.807) is 4.90 Å². The summed E-state index contributed by atoms with van der Waals surface area (Å²) in [5, 5.41) is 19.6. The van der Waals surface area contributed by atoms with Crippen LogP contribution in [0.15, 0.2) is 12.4 Å². The molecule has 1 aliphatic rings. The maximum absolute atomic E-state index is 10.5. The lowest BCUT2D eigenvalue weighted by Crippen LogP contribution is -2.48. The topological polar surface area (TPSA) is 102 Å². The van der Waals surface area contributed by atoms with Gasteiger partial charge in [0.25, 0.3) is 0 Å². The number of aliphatic hydroxyl groups is 1. The minimum atomic E-state index is -0.549. The maximum atomic E-state index is 10.5. The SMILES string of the molecule is O=[N+]([O-])c1cnc(N2CCOCC2CO)nc1. The second kappa shape index (κ2) is 5.02. The number of rotatable bonds is 3. The van der Waals surface area contributed by atoms with Gasteiger partial charge in [-0.2, -0.15) is 0 Å². The summed E-state index contributed by atoms with van der Waals surface area (Å²) in [6.07, 6.45) is 2.32. The van der Waals surface area contributed by atoms with Crippen LogP contribution in [0.1, 0.15) is 0 Å². The largest absolute Gasteiger partial charge is 0.394 e. The van der Waals surface area contributed by atoms with E-state index in [-0.39, 0.29) is 18.3 Å². The molecule has 0 amide bonds. The summed E-state index contributed by atoms with van der Waals surface area (Å²) in [5.41, 5.74) is -0.150. The van der Waals surface area contributed by atoms with Crippen molar-refractivity contribution in [2.75, 3.05) is 31.3 Å². The fourth-order valence-electron chi connectivity index (χ4n) is 1.63. The molecule has 1 unspecified atom stereocenters. The molecule has 8 nitrogen and oxygen atoms in total. The first-order valence-electron chi connectivity index (χ1n) is 5.14. The van der Waals surface area contributed by atoms with Gasteiger partial charge in [0.05, 0.1) is 30.8 Å². The van der Waals surface area contributed by atoms with Crippen molar-refractivity contribution >= 4 is 11.6 Å². The predicted octanol–water partition coefficient (Wildman–Crippen LogP) is -0.418. The summed E-state index contributed by atoms with van der Waals surface area (Å²) in [4.78, 5) is 19.6. The summed E-state index contributed by atoms with van der Waals surface area (Å²) in [7, 11) is 0. The van der Waals surface area contributed by atoms with Gasteiger partial charge in [-0.1, -0.05) is 0 Å². The predicted molar refractivity (Wildman–Crippen MR) is 57.7 cm³/mol. The fraction of sp³-hybridized carbons (Fsp3) is 0.556. The summed E-state index contributed by atoms with van der Waals surface area (Å²) >= 11 is 0. The average Bonchev–Trinajstić information content (AvgIpc) is 2.39. The Morgan fingerprint density at radius 3 is 2.88 bits per heavy atom. The Bertz CT molecular complexity index is 396. The standard InChI is InChI=1S/C9H12N4O4/c14-5-8-6-17-2-1-12(8)9-10-3-7(4-11-9)13(15)16/h3-4,8,14H,1-2,5-6H2. The molecule has 2 rings (SSSR count). The molecule has 2 heterocycles. The zero-order chi connectivity index (χ0) is 12.3. The van der Waals surface area contributed by atoms with E-state index in [9.17, 15) is 15.2 Å². The van der Waals surface area contributed by atoms with Crippen molar-refractivity contribution in [3.8, 4) is 0 Å². The van der Waals surface area contributed by atoms with E-state index < -0.39 is 4.92 Å². The fourth-order valence-corrected chi connectivity index (χ4v) is 1.63. The van der Waals surface area contributed by atoms with Gasteiger partial charge in [-0.25, -0.2) is 9.97 Å². The third-order valence-corrected chi connectivity index (χ3v) is 2.53. The van der Waals surface area contributed by atoms with Crippen molar-refractivity contribution in [3.63, 3.8) is 0 Å². The monoisotopic (exact) mass is 240 g/mol. The lowest BCUT2D eigenvalue weighted by molar-refractivity contribution is -0.385. The van der Waals surface area contributed by atoms with Crippen LogP contribution in [-0.4, -0.2) is 52.4 Å². The van der Waals surface area contributed by atoms with Gasteiger partial charge in [0.1, 0.15) is 12.4 Å². The molecule has 0 aromatic carbocycles. The highest BCUT2D eigenvalue weighted by Crippen LogP contribution is 2.16. The first-order valence-corrected chi connectivity index (χ1v) is 5.14. The van der Waals surface area contributed by atoms with Gasteiger partial charge in [-0.15, -0.1) is 0 Å². The van der Waals surface area contributed by atoms with Crippen LogP contribution in [0, 0.1) is 10.1 Å². The van der Waals surface area contributed by atoms with Crippen molar-refractivity contribution in [2.45, 2.75) is 6.04 Å². The third kappa shape index (κ3) is 2.48. The van der Waals surface area contributed by atoms with E-state index in [0.717, 1.165) is 12.4 Å². The lowest BCUT2D eigenvalue weighted by atomic mass is 10.2. The van der Waals surface area contributed by atoms with Crippen molar-refractivity contribution < 1.29 is 14.8 Å². The van der Waals surface area contributed by atoms with Crippen molar-refractivity contribution in [1.82, 2.24) is 9.97 Å². The number of nitrogens with zero attached hydrogens (tertiary/aromatic N) is 4. The first-order chi connectivity index (χ1) is 8.22. The molecule has 0 radical (unpaired) electrons. The maximum Gasteiger partial charge on any atom is 0.305 e. The minimum absolute atomic E-state index is 0.0691.